The molecule has 2 rings (SSSR count). The molecule has 0 saturated carbocycles. The maximum absolute atomic E-state index is 13.0. The first-order chi connectivity index (χ1) is 11.5. The van der Waals surface area contributed by atoms with Crippen molar-refractivity contribution in [3.63, 3.8) is 0 Å². The molecule has 0 fully saturated rings. The van der Waals surface area contributed by atoms with Crippen molar-refractivity contribution in [2.75, 3.05) is 6.54 Å². The maximum Gasteiger partial charge on any atom is 0.340 e. The van der Waals surface area contributed by atoms with E-state index < -0.39 is 17.9 Å². The van der Waals surface area contributed by atoms with Crippen LogP contribution in [0.4, 0.5) is 4.39 Å². The number of carbonyl (C=O) groups excluding carboxylic acids is 2. The Hall–Kier alpha value is -2.21. The summed E-state index contributed by atoms with van der Waals surface area (Å²) in [6, 6.07) is 13.4. The van der Waals surface area contributed by atoms with Gasteiger partial charge in [-0.1, -0.05) is 30.3 Å². The highest BCUT2D eigenvalue weighted by Crippen LogP contribution is 2.19. The van der Waals surface area contributed by atoms with Crippen molar-refractivity contribution >= 4 is 27.8 Å². The number of amides is 1. The van der Waals surface area contributed by atoms with Gasteiger partial charge in [-0.25, -0.2) is 9.18 Å². The van der Waals surface area contributed by atoms with Crippen LogP contribution in [0.15, 0.2) is 53.0 Å². The zero-order chi connectivity index (χ0) is 17.5. The molecule has 1 N–H and O–H groups in total. The van der Waals surface area contributed by atoms with Gasteiger partial charge in [0, 0.05) is 11.0 Å². The van der Waals surface area contributed by atoms with Gasteiger partial charge in [0.15, 0.2) is 6.10 Å². The molecule has 0 radical (unpaired) electrons. The molecule has 0 aromatic heterocycles. The number of rotatable bonds is 6. The van der Waals surface area contributed by atoms with E-state index in [0.29, 0.717) is 13.0 Å². The summed E-state index contributed by atoms with van der Waals surface area (Å²) in [5, 5.41) is 2.72. The Morgan fingerprint density at radius 2 is 1.92 bits per heavy atom. The monoisotopic (exact) mass is 393 g/mol. The first kappa shape index (κ1) is 18.1. The Morgan fingerprint density at radius 1 is 1.21 bits per heavy atom. The molecule has 1 amide bonds. The van der Waals surface area contributed by atoms with Gasteiger partial charge in [0.1, 0.15) is 5.82 Å². The van der Waals surface area contributed by atoms with Gasteiger partial charge in [-0.05, 0) is 53.0 Å². The van der Waals surface area contributed by atoms with Gasteiger partial charge in [-0.15, -0.1) is 0 Å². The van der Waals surface area contributed by atoms with E-state index in [9.17, 15) is 14.0 Å². The van der Waals surface area contributed by atoms with Crippen molar-refractivity contribution in [3.05, 3.63) is 69.9 Å². The van der Waals surface area contributed by atoms with E-state index >= 15 is 0 Å². The van der Waals surface area contributed by atoms with Crippen molar-refractivity contribution in [1.82, 2.24) is 5.32 Å². The quantitative estimate of drug-likeness (QED) is 0.764. The Morgan fingerprint density at radius 3 is 2.58 bits per heavy atom. The Labute approximate surface area is 148 Å². The van der Waals surface area contributed by atoms with Crippen LogP contribution in [0.25, 0.3) is 0 Å². The third-order valence-electron chi connectivity index (χ3n) is 3.36. The number of hydrogen-bond donors (Lipinski definition) is 1. The zero-order valence-corrected chi connectivity index (χ0v) is 14.7. The summed E-state index contributed by atoms with van der Waals surface area (Å²) < 4.78 is 18.4. The van der Waals surface area contributed by atoms with Crippen molar-refractivity contribution in [3.8, 4) is 0 Å². The summed E-state index contributed by atoms with van der Waals surface area (Å²) in [6.07, 6.45) is -0.248. The highest BCUT2D eigenvalue weighted by molar-refractivity contribution is 9.10. The summed E-state index contributed by atoms with van der Waals surface area (Å²) in [5.41, 5.74) is 1.28. The van der Waals surface area contributed by atoms with Crippen LogP contribution in [0.2, 0.25) is 0 Å². The van der Waals surface area contributed by atoms with E-state index in [-0.39, 0.29) is 15.9 Å². The first-order valence-corrected chi connectivity index (χ1v) is 8.24. The Bertz CT molecular complexity index is 721. The number of ether oxygens (including phenoxy) is 1. The van der Waals surface area contributed by atoms with Crippen LogP contribution in [0.3, 0.4) is 0 Å². The van der Waals surface area contributed by atoms with Gasteiger partial charge in [0.2, 0.25) is 0 Å². The van der Waals surface area contributed by atoms with Crippen LogP contribution < -0.4 is 5.32 Å². The Kier molecular flexibility index (Phi) is 6.49. The lowest BCUT2D eigenvalue weighted by atomic mass is 10.1. The standard InChI is InChI=1S/C18H17BrFNO3/c1-12(17(22)21-10-9-13-5-3-2-4-6-13)24-18(23)15-8-7-14(20)11-16(15)19/h2-8,11-12H,9-10H2,1H3,(H,21,22). The molecule has 126 valence electrons. The number of halogens is 2. The van der Waals surface area contributed by atoms with Gasteiger partial charge in [0.05, 0.1) is 5.56 Å². The van der Waals surface area contributed by atoms with Gasteiger partial charge in [-0.3, -0.25) is 4.79 Å². The SMILES string of the molecule is CC(OC(=O)c1ccc(F)cc1Br)C(=O)NCCc1ccccc1. The fraction of sp³-hybridized carbons (Fsp3) is 0.222. The van der Waals surface area contributed by atoms with E-state index in [1.54, 1.807) is 0 Å². The summed E-state index contributed by atoms with van der Waals surface area (Å²) in [4.78, 5) is 24.0. The molecule has 1 atom stereocenters. The lowest BCUT2D eigenvalue weighted by Gasteiger charge is -2.14. The predicted octanol–water partition coefficient (Wildman–Crippen LogP) is 3.49. The number of nitrogens with one attached hydrogen (secondary N) is 1. The average molecular weight is 394 g/mol. The second-order valence-corrected chi connectivity index (χ2v) is 6.05. The van der Waals surface area contributed by atoms with Crippen LogP contribution in [0, 0.1) is 5.82 Å². The molecule has 0 heterocycles. The van der Waals surface area contributed by atoms with Crippen molar-refractivity contribution in [2.45, 2.75) is 19.4 Å². The van der Waals surface area contributed by atoms with Crippen molar-refractivity contribution in [2.24, 2.45) is 0 Å². The molecule has 4 nitrogen and oxygen atoms in total. The molecule has 24 heavy (non-hydrogen) atoms. The maximum atomic E-state index is 13.0. The van der Waals surface area contributed by atoms with Crippen LogP contribution in [0.1, 0.15) is 22.8 Å². The minimum Gasteiger partial charge on any atom is -0.449 e. The number of benzene rings is 2. The zero-order valence-electron chi connectivity index (χ0n) is 13.1. The largest absolute Gasteiger partial charge is 0.449 e. The van der Waals surface area contributed by atoms with Crippen molar-refractivity contribution in [1.29, 1.82) is 0 Å². The third kappa shape index (κ3) is 5.16. The average Bonchev–Trinajstić information content (AvgIpc) is 2.55. The lowest BCUT2D eigenvalue weighted by molar-refractivity contribution is -0.129. The fourth-order valence-corrected chi connectivity index (χ4v) is 2.56. The fourth-order valence-electron chi connectivity index (χ4n) is 2.05. The highest BCUT2D eigenvalue weighted by atomic mass is 79.9. The van der Waals surface area contributed by atoms with E-state index in [2.05, 4.69) is 21.2 Å². The first-order valence-electron chi connectivity index (χ1n) is 7.45. The molecule has 1 unspecified atom stereocenters. The second kappa shape index (κ2) is 8.59. The van der Waals surface area contributed by atoms with Crippen molar-refractivity contribution < 1.29 is 18.7 Å². The smallest absolute Gasteiger partial charge is 0.340 e. The number of carbonyl (C=O) groups is 2. The molecule has 2 aromatic carbocycles. The topological polar surface area (TPSA) is 55.4 Å². The van der Waals surface area contributed by atoms with Gasteiger partial charge in [0.25, 0.3) is 5.91 Å². The summed E-state index contributed by atoms with van der Waals surface area (Å²) in [7, 11) is 0. The van der Waals surface area contributed by atoms with E-state index in [1.807, 2.05) is 30.3 Å². The Balaban J connectivity index is 1.83. The number of esters is 1. The van der Waals surface area contributed by atoms with Crippen LogP contribution >= 0.6 is 15.9 Å². The summed E-state index contributed by atoms with van der Waals surface area (Å²) >= 11 is 3.10. The van der Waals surface area contributed by atoms with E-state index in [4.69, 9.17) is 4.74 Å². The molecule has 0 bridgehead atoms. The molecule has 0 aliphatic carbocycles. The minimum absolute atomic E-state index is 0.167. The molecule has 6 heteroatoms. The third-order valence-corrected chi connectivity index (χ3v) is 4.02. The van der Waals surface area contributed by atoms with E-state index in [1.165, 1.54) is 19.1 Å². The molecular formula is C18H17BrFNO3. The summed E-state index contributed by atoms with van der Waals surface area (Å²) in [5.74, 6) is -1.53. The minimum atomic E-state index is -0.940. The van der Waals surface area contributed by atoms with Gasteiger partial charge in [-0.2, -0.15) is 0 Å². The van der Waals surface area contributed by atoms with Gasteiger partial charge >= 0.3 is 5.97 Å². The van der Waals surface area contributed by atoms with Crippen LogP contribution in [0.5, 0.6) is 0 Å². The van der Waals surface area contributed by atoms with Crippen LogP contribution in [-0.4, -0.2) is 24.5 Å². The number of hydrogen-bond acceptors (Lipinski definition) is 3. The summed E-state index contributed by atoms with van der Waals surface area (Å²) in [6.45, 7) is 1.94. The second-order valence-electron chi connectivity index (χ2n) is 5.20. The van der Waals surface area contributed by atoms with E-state index in [0.717, 1.165) is 11.6 Å². The molecule has 0 aliphatic rings. The highest BCUT2D eigenvalue weighted by Gasteiger charge is 2.20. The predicted molar refractivity (Wildman–Crippen MR) is 92.1 cm³/mol. The molecule has 0 aliphatic heterocycles. The molecule has 2 aromatic rings. The van der Waals surface area contributed by atoms with Crippen LogP contribution in [-0.2, 0) is 16.0 Å². The molecule has 0 spiro atoms. The molecule has 0 saturated heterocycles. The molecular weight excluding hydrogens is 377 g/mol. The lowest BCUT2D eigenvalue weighted by Crippen LogP contribution is -2.37. The normalized spacial score (nSPS) is 11.6. The van der Waals surface area contributed by atoms with Gasteiger partial charge < -0.3 is 10.1 Å².